The van der Waals surface area contributed by atoms with E-state index in [1.54, 1.807) is 24.3 Å². The lowest BCUT2D eigenvalue weighted by molar-refractivity contribution is -0.137. The van der Waals surface area contributed by atoms with Gasteiger partial charge in [-0.2, -0.15) is 0 Å². The number of benzene rings is 1. The molecule has 1 aromatic carbocycles. The largest absolute Gasteiger partial charge is 0.484 e. The van der Waals surface area contributed by atoms with E-state index in [1.165, 1.54) is 12.8 Å². The van der Waals surface area contributed by atoms with Gasteiger partial charge in [0.25, 0.3) is 5.91 Å². The van der Waals surface area contributed by atoms with Crippen LogP contribution in [0.5, 0.6) is 5.75 Å². The van der Waals surface area contributed by atoms with Gasteiger partial charge in [-0.3, -0.25) is 14.5 Å². The molecule has 4 rings (SSSR count). The summed E-state index contributed by atoms with van der Waals surface area (Å²) in [5, 5.41) is 3.86. The van der Waals surface area contributed by atoms with E-state index in [0.29, 0.717) is 35.8 Å². The van der Waals surface area contributed by atoms with Crippen LogP contribution in [-0.4, -0.2) is 66.5 Å². The van der Waals surface area contributed by atoms with Crippen molar-refractivity contribution in [3.05, 3.63) is 29.3 Å². The van der Waals surface area contributed by atoms with E-state index in [9.17, 15) is 9.59 Å². The van der Waals surface area contributed by atoms with E-state index in [2.05, 4.69) is 10.2 Å². The van der Waals surface area contributed by atoms with Gasteiger partial charge >= 0.3 is 0 Å². The number of carbonyl (C=O) groups excluding carboxylic acids is 2. The summed E-state index contributed by atoms with van der Waals surface area (Å²) in [6.45, 7) is 2.79. The lowest BCUT2D eigenvalue weighted by Gasteiger charge is -2.40. The van der Waals surface area contributed by atoms with Gasteiger partial charge in [0.1, 0.15) is 5.75 Å². The quantitative estimate of drug-likeness (QED) is 0.738. The fraction of sp³-hybridized carbons (Fsp3) is 0.636. The zero-order valence-electron chi connectivity index (χ0n) is 16.8. The van der Waals surface area contributed by atoms with Crippen molar-refractivity contribution < 1.29 is 14.3 Å². The molecular formula is C22H30ClN3O3. The summed E-state index contributed by atoms with van der Waals surface area (Å²) < 4.78 is 5.59. The maximum atomic E-state index is 12.9. The molecule has 2 amide bonds. The molecule has 1 heterocycles. The van der Waals surface area contributed by atoms with Gasteiger partial charge in [-0.05, 0) is 55.9 Å². The molecule has 29 heavy (non-hydrogen) atoms. The maximum Gasteiger partial charge on any atom is 0.260 e. The Morgan fingerprint density at radius 3 is 2.31 bits per heavy atom. The van der Waals surface area contributed by atoms with Gasteiger partial charge in [0.15, 0.2) is 6.61 Å². The molecule has 158 valence electrons. The van der Waals surface area contributed by atoms with Crippen molar-refractivity contribution in [2.75, 3.05) is 32.8 Å². The Kier molecular flexibility index (Phi) is 6.60. The number of hydrogen-bond acceptors (Lipinski definition) is 4. The van der Waals surface area contributed by atoms with Crippen molar-refractivity contribution in [1.29, 1.82) is 0 Å². The molecule has 0 spiro atoms. The number of carbonyl (C=O) groups is 2. The smallest absolute Gasteiger partial charge is 0.260 e. The summed E-state index contributed by atoms with van der Waals surface area (Å²) in [4.78, 5) is 29.6. The molecule has 1 aliphatic heterocycles. The third kappa shape index (κ3) is 5.43. The van der Waals surface area contributed by atoms with Gasteiger partial charge in [-0.1, -0.05) is 24.4 Å². The van der Waals surface area contributed by atoms with Crippen LogP contribution in [-0.2, 0) is 9.59 Å². The first-order valence-electron chi connectivity index (χ1n) is 10.8. The Hall–Kier alpha value is -1.79. The Balaban J connectivity index is 1.28. The molecule has 1 N–H and O–H groups in total. The second-order valence-electron chi connectivity index (χ2n) is 8.43. The first kappa shape index (κ1) is 20.5. The average molecular weight is 420 g/mol. The van der Waals surface area contributed by atoms with Crippen LogP contribution in [0.15, 0.2) is 24.3 Å². The molecular weight excluding hydrogens is 390 g/mol. The highest BCUT2D eigenvalue weighted by atomic mass is 35.5. The van der Waals surface area contributed by atoms with Gasteiger partial charge < -0.3 is 15.0 Å². The van der Waals surface area contributed by atoms with Crippen LogP contribution < -0.4 is 10.1 Å². The normalized spacial score (nSPS) is 21.8. The molecule has 3 fully saturated rings. The zero-order valence-corrected chi connectivity index (χ0v) is 17.6. The Bertz CT molecular complexity index is 709. The van der Waals surface area contributed by atoms with Crippen molar-refractivity contribution in [2.24, 2.45) is 5.92 Å². The highest BCUT2D eigenvalue weighted by Gasteiger charge is 2.39. The summed E-state index contributed by atoms with van der Waals surface area (Å²) in [7, 11) is 0. The van der Waals surface area contributed by atoms with Crippen molar-refractivity contribution in [1.82, 2.24) is 15.1 Å². The fourth-order valence-corrected chi connectivity index (χ4v) is 4.61. The van der Waals surface area contributed by atoms with E-state index in [0.717, 1.165) is 38.8 Å². The van der Waals surface area contributed by atoms with Gasteiger partial charge in [0.05, 0.1) is 6.04 Å². The number of amides is 2. The van der Waals surface area contributed by atoms with Gasteiger partial charge in [-0.15, -0.1) is 0 Å². The van der Waals surface area contributed by atoms with Crippen LogP contribution in [0.25, 0.3) is 0 Å². The first-order chi connectivity index (χ1) is 14.1. The number of nitrogens with one attached hydrogen (secondary N) is 1. The zero-order chi connectivity index (χ0) is 20.2. The minimum absolute atomic E-state index is 0.0144. The van der Waals surface area contributed by atoms with E-state index in [4.69, 9.17) is 16.3 Å². The predicted molar refractivity (Wildman–Crippen MR) is 112 cm³/mol. The Morgan fingerprint density at radius 2 is 1.69 bits per heavy atom. The maximum absolute atomic E-state index is 12.9. The lowest BCUT2D eigenvalue weighted by atomic mass is 9.95. The van der Waals surface area contributed by atoms with Crippen molar-refractivity contribution in [3.63, 3.8) is 0 Å². The predicted octanol–water partition coefficient (Wildman–Crippen LogP) is 2.70. The van der Waals surface area contributed by atoms with Crippen molar-refractivity contribution in [3.8, 4) is 5.75 Å². The minimum Gasteiger partial charge on any atom is -0.484 e. The molecule has 3 aliphatic rings. The van der Waals surface area contributed by atoms with Crippen LogP contribution in [0, 0.1) is 5.92 Å². The highest BCUT2D eigenvalue weighted by Crippen LogP contribution is 2.32. The summed E-state index contributed by atoms with van der Waals surface area (Å²) in [5.74, 6) is 1.27. The van der Waals surface area contributed by atoms with Crippen LogP contribution in [0.4, 0.5) is 0 Å². The number of hydrogen-bond donors (Lipinski definition) is 1. The number of nitrogens with zero attached hydrogens (tertiary/aromatic N) is 2. The van der Waals surface area contributed by atoms with Crippen LogP contribution in [0.3, 0.4) is 0 Å². The Labute approximate surface area is 177 Å². The number of halogens is 1. The summed E-state index contributed by atoms with van der Waals surface area (Å²) >= 11 is 5.87. The van der Waals surface area contributed by atoms with E-state index < -0.39 is 0 Å². The summed E-state index contributed by atoms with van der Waals surface area (Å²) in [6.07, 6.45) is 6.93. The van der Waals surface area contributed by atoms with Gasteiger partial charge in [0, 0.05) is 37.2 Å². The standard InChI is InChI=1S/C22H30ClN3O3/c23-17-5-9-19(10-6-17)29-15-20(27)25-11-13-26(14-12-25)21(16-3-1-2-4-16)22(28)24-18-7-8-18/h5-6,9-10,16,18,21H,1-4,7-8,11-15H2,(H,24,28). The third-order valence-electron chi connectivity index (χ3n) is 6.28. The van der Waals surface area contributed by atoms with Crippen LogP contribution in [0.2, 0.25) is 5.02 Å². The van der Waals surface area contributed by atoms with E-state index in [-0.39, 0.29) is 24.5 Å². The number of ether oxygens (including phenoxy) is 1. The topological polar surface area (TPSA) is 61.9 Å². The molecule has 0 aromatic heterocycles. The second kappa shape index (κ2) is 9.35. The van der Waals surface area contributed by atoms with Gasteiger partial charge in [-0.25, -0.2) is 0 Å². The Morgan fingerprint density at radius 1 is 1.03 bits per heavy atom. The van der Waals surface area contributed by atoms with Gasteiger partial charge in [0.2, 0.25) is 5.91 Å². The second-order valence-corrected chi connectivity index (χ2v) is 8.87. The molecule has 0 radical (unpaired) electrons. The van der Waals surface area contributed by atoms with Crippen LogP contribution >= 0.6 is 11.6 Å². The van der Waals surface area contributed by atoms with Crippen molar-refractivity contribution >= 4 is 23.4 Å². The fourth-order valence-electron chi connectivity index (χ4n) is 4.48. The SMILES string of the molecule is O=C(NC1CC1)C(C1CCCC1)N1CCN(C(=O)COc2ccc(Cl)cc2)CC1. The monoisotopic (exact) mass is 419 g/mol. The van der Waals surface area contributed by atoms with E-state index in [1.807, 2.05) is 4.90 Å². The highest BCUT2D eigenvalue weighted by molar-refractivity contribution is 6.30. The molecule has 1 unspecified atom stereocenters. The first-order valence-corrected chi connectivity index (χ1v) is 11.2. The third-order valence-corrected chi connectivity index (χ3v) is 6.53. The molecule has 7 heteroatoms. The summed E-state index contributed by atoms with van der Waals surface area (Å²) in [6, 6.07) is 7.36. The number of piperazine rings is 1. The summed E-state index contributed by atoms with van der Waals surface area (Å²) in [5.41, 5.74) is 0. The molecule has 2 aliphatic carbocycles. The lowest BCUT2D eigenvalue weighted by Crippen LogP contribution is -2.58. The molecule has 1 saturated heterocycles. The van der Waals surface area contributed by atoms with Crippen molar-refractivity contribution in [2.45, 2.75) is 50.6 Å². The number of rotatable bonds is 7. The average Bonchev–Trinajstić information content (AvgIpc) is 3.38. The van der Waals surface area contributed by atoms with Crippen LogP contribution in [0.1, 0.15) is 38.5 Å². The molecule has 0 bridgehead atoms. The minimum atomic E-state index is -0.0410. The molecule has 6 nitrogen and oxygen atoms in total. The molecule has 2 saturated carbocycles. The molecule has 1 aromatic rings. The molecule has 1 atom stereocenters. The van der Waals surface area contributed by atoms with E-state index >= 15 is 0 Å².